The Balaban J connectivity index is 1.76. The molecule has 0 spiro atoms. The van der Waals surface area contributed by atoms with Crippen molar-refractivity contribution in [2.75, 3.05) is 0 Å². The normalized spacial score (nSPS) is 11.3. The number of nitrogens with one attached hydrogen (secondary N) is 1. The maximum absolute atomic E-state index is 12.5. The number of nitro groups is 1. The summed E-state index contributed by atoms with van der Waals surface area (Å²) < 4.78 is 30.2. The first-order valence-corrected chi connectivity index (χ1v) is 10.4. The number of non-ortho nitro benzene ring substituents is 1. The zero-order chi connectivity index (χ0) is 22.4. The third-order valence-electron chi connectivity index (χ3n) is 3.91. The van der Waals surface area contributed by atoms with Crippen LogP contribution in [0, 0.1) is 10.1 Å². The minimum Gasteiger partial charge on any atom is -0.378 e. The molecule has 3 aromatic carbocycles. The average Bonchev–Trinajstić information content (AvgIpc) is 2.74. The number of benzene rings is 3. The van der Waals surface area contributed by atoms with Crippen LogP contribution in [0.25, 0.3) is 0 Å². The summed E-state index contributed by atoms with van der Waals surface area (Å²) in [6.07, 6.45) is 1.23. The van der Waals surface area contributed by atoms with Gasteiger partial charge in [-0.3, -0.25) is 14.9 Å². The molecular weight excluding hydrogens is 446 g/mol. The molecule has 0 atom stereocenters. The summed E-state index contributed by atoms with van der Waals surface area (Å²) in [7, 11) is -4.25. The van der Waals surface area contributed by atoms with Crippen molar-refractivity contribution in [3.05, 3.63) is 99.1 Å². The molecule has 1 amide bonds. The lowest BCUT2D eigenvalue weighted by Crippen LogP contribution is -2.17. The fourth-order valence-electron chi connectivity index (χ4n) is 2.42. The van der Waals surface area contributed by atoms with Gasteiger partial charge in [-0.2, -0.15) is 13.5 Å². The molecule has 0 aliphatic carbocycles. The number of amides is 1. The largest absolute Gasteiger partial charge is 0.378 e. The number of nitrogens with zero attached hydrogens (tertiary/aromatic N) is 2. The summed E-state index contributed by atoms with van der Waals surface area (Å²) >= 11 is 5.85. The third-order valence-corrected chi connectivity index (χ3v) is 5.39. The summed E-state index contributed by atoms with van der Waals surface area (Å²) in [4.78, 5) is 21.9. The van der Waals surface area contributed by atoms with Crippen molar-refractivity contribution < 1.29 is 22.3 Å². The highest BCUT2D eigenvalue weighted by Crippen LogP contribution is 2.23. The SMILES string of the molecule is O=C(N/N=C/c1ccccc1OS(=O)(=O)c1ccc([N+](=O)[O-])cc1)c1cccc(Cl)c1. The van der Waals surface area contributed by atoms with Crippen LogP contribution in [0.3, 0.4) is 0 Å². The van der Waals surface area contributed by atoms with Crippen molar-refractivity contribution in [2.45, 2.75) is 4.90 Å². The van der Waals surface area contributed by atoms with Gasteiger partial charge >= 0.3 is 10.1 Å². The van der Waals surface area contributed by atoms with E-state index < -0.39 is 20.9 Å². The number of halogens is 1. The van der Waals surface area contributed by atoms with Crippen LogP contribution in [0.4, 0.5) is 5.69 Å². The van der Waals surface area contributed by atoms with Crippen molar-refractivity contribution in [3.8, 4) is 5.75 Å². The van der Waals surface area contributed by atoms with E-state index in [9.17, 15) is 23.3 Å². The Morgan fingerprint density at radius 1 is 1.06 bits per heavy atom. The van der Waals surface area contributed by atoms with E-state index in [1.54, 1.807) is 30.3 Å². The van der Waals surface area contributed by atoms with Gasteiger partial charge in [0.1, 0.15) is 4.90 Å². The van der Waals surface area contributed by atoms with Gasteiger partial charge in [0.05, 0.1) is 11.1 Å². The summed E-state index contributed by atoms with van der Waals surface area (Å²) in [5.41, 5.74) is 2.65. The molecule has 0 aliphatic heterocycles. The Labute approximate surface area is 182 Å². The van der Waals surface area contributed by atoms with Gasteiger partial charge in [0.25, 0.3) is 11.6 Å². The van der Waals surface area contributed by atoms with E-state index in [-0.39, 0.29) is 21.9 Å². The van der Waals surface area contributed by atoms with Gasteiger partial charge in [-0.25, -0.2) is 5.43 Å². The highest BCUT2D eigenvalue weighted by atomic mass is 35.5. The number of carbonyl (C=O) groups excluding carboxylic acids is 1. The summed E-state index contributed by atoms with van der Waals surface area (Å²) in [6.45, 7) is 0. The van der Waals surface area contributed by atoms with E-state index >= 15 is 0 Å². The second kappa shape index (κ2) is 9.37. The van der Waals surface area contributed by atoms with Crippen LogP contribution in [-0.4, -0.2) is 25.5 Å². The number of para-hydroxylation sites is 1. The lowest BCUT2D eigenvalue weighted by Gasteiger charge is -2.09. The quantitative estimate of drug-likeness (QED) is 0.248. The van der Waals surface area contributed by atoms with Gasteiger partial charge in [0.2, 0.25) is 0 Å². The Morgan fingerprint density at radius 2 is 1.77 bits per heavy atom. The van der Waals surface area contributed by atoms with Crippen molar-refractivity contribution >= 4 is 39.5 Å². The lowest BCUT2D eigenvalue weighted by atomic mass is 10.2. The van der Waals surface area contributed by atoms with Crippen molar-refractivity contribution in [1.82, 2.24) is 5.43 Å². The molecule has 3 rings (SSSR count). The van der Waals surface area contributed by atoms with Crippen LogP contribution in [-0.2, 0) is 10.1 Å². The standard InChI is InChI=1S/C20H14ClN3O6S/c21-16-6-3-5-14(12-16)20(25)23-22-13-15-4-1-2-7-19(15)30-31(28,29)18-10-8-17(9-11-18)24(26)27/h1-13H,(H,23,25)/b22-13+. The predicted octanol–water partition coefficient (Wildman–Crippen LogP) is 3.78. The zero-order valence-corrected chi connectivity index (χ0v) is 17.2. The van der Waals surface area contributed by atoms with E-state index in [0.29, 0.717) is 10.6 Å². The molecule has 0 aromatic heterocycles. The molecule has 0 unspecified atom stereocenters. The number of hydrazone groups is 1. The molecule has 0 radical (unpaired) electrons. The van der Waals surface area contributed by atoms with Gasteiger partial charge in [-0.1, -0.05) is 29.8 Å². The zero-order valence-electron chi connectivity index (χ0n) is 15.6. The van der Waals surface area contributed by atoms with Gasteiger partial charge in [0.15, 0.2) is 5.75 Å². The van der Waals surface area contributed by atoms with Gasteiger partial charge in [-0.15, -0.1) is 0 Å². The molecule has 0 fully saturated rings. The Kier molecular flexibility index (Phi) is 6.63. The highest BCUT2D eigenvalue weighted by Gasteiger charge is 2.19. The second-order valence-corrected chi connectivity index (χ2v) is 8.02. The molecule has 0 saturated carbocycles. The van der Waals surface area contributed by atoms with Crippen LogP contribution in [0.2, 0.25) is 5.02 Å². The van der Waals surface area contributed by atoms with Gasteiger partial charge in [0, 0.05) is 28.3 Å². The average molecular weight is 460 g/mol. The van der Waals surface area contributed by atoms with Crippen LogP contribution in [0.15, 0.2) is 82.8 Å². The lowest BCUT2D eigenvalue weighted by molar-refractivity contribution is -0.384. The summed E-state index contributed by atoms with van der Waals surface area (Å²) in [5, 5.41) is 14.9. The van der Waals surface area contributed by atoms with Crippen LogP contribution < -0.4 is 9.61 Å². The molecule has 31 heavy (non-hydrogen) atoms. The maximum atomic E-state index is 12.5. The van der Waals surface area contributed by atoms with Crippen molar-refractivity contribution in [2.24, 2.45) is 5.10 Å². The van der Waals surface area contributed by atoms with Gasteiger partial charge < -0.3 is 4.18 Å². The fourth-order valence-corrected chi connectivity index (χ4v) is 3.56. The summed E-state index contributed by atoms with van der Waals surface area (Å²) in [5.74, 6) is -0.544. The highest BCUT2D eigenvalue weighted by molar-refractivity contribution is 7.87. The van der Waals surface area contributed by atoms with E-state index in [0.717, 1.165) is 24.3 Å². The van der Waals surface area contributed by atoms with Gasteiger partial charge in [-0.05, 0) is 42.5 Å². The van der Waals surface area contributed by atoms with Crippen LogP contribution in [0.5, 0.6) is 5.75 Å². The molecule has 3 aromatic rings. The fraction of sp³-hybridized carbons (Fsp3) is 0. The molecular formula is C20H14ClN3O6S. The molecule has 9 nitrogen and oxygen atoms in total. The summed E-state index contributed by atoms with van der Waals surface area (Å²) in [6, 6.07) is 16.7. The predicted molar refractivity (Wildman–Crippen MR) is 114 cm³/mol. The number of hydrogen-bond donors (Lipinski definition) is 1. The number of rotatable bonds is 7. The molecule has 11 heteroatoms. The van der Waals surface area contributed by atoms with Crippen LogP contribution >= 0.6 is 11.6 Å². The molecule has 1 N–H and O–H groups in total. The first kappa shape index (κ1) is 21.9. The minimum absolute atomic E-state index is 0.0402. The van der Waals surface area contributed by atoms with Crippen molar-refractivity contribution in [3.63, 3.8) is 0 Å². The van der Waals surface area contributed by atoms with E-state index in [1.807, 2.05) is 0 Å². The first-order chi connectivity index (χ1) is 14.8. The number of nitro benzene ring substituents is 1. The first-order valence-electron chi connectivity index (χ1n) is 8.63. The second-order valence-electron chi connectivity index (χ2n) is 6.04. The minimum atomic E-state index is -4.25. The number of hydrogen-bond acceptors (Lipinski definition) is 7. The smallest absolute Gasteiger partial charge is 0.339 e. The number of carbonyl (C=O) groups is 1. The Bertz CT molecular complexity index is 1260. The topological polar surface area (TPSA) is 128 Å². The maximum Gasteiger partial charge on any atom is 0.339 e. The Morgan fingerprint density at radius 3 is 2.45 bits per heavy atom. The van der Waals surface area contributed by atoms with E-state index in [1.165, 1.54) is 24.4 Å². The van der Waals surface area contributed by atoms with E-state index in [2.05, 4.69) is 10.5 Å². The molecule has 158 valence electrons. The molecule has 0 heterocycles. The molecule has 0 bridgehead atoms. The third kappa shape index (κ3) is 5.65. The monoisotopic (exact) mass is 459 g/mol. The molecule has 0 saturated heterocycles. The van der Waals surface area contributed by atoms with Crippen molar-refractivity contribution in [1.29, 1.82) is 0 Å². The Hall–Kier alpha value is -3.76. The van der Waals surface area contributed by atoms with Crippen LogP contribution in [0.1, 0.15) is 15.9 Å². The molecule has 0 aliphatic rings. The van der Waals surface area contributed by atoms with E-state index in [4.69, 9.17) is 15.8 Å².